The Morgan fingerprint density at radius 2 is 2.25 bits per heavy atom. The van der Waals surface area contributed by atoms with Crippen molar-refractivity contribution in [2.24, 2.45) is 5.73 Å². The average Bonchev–Trinajstić information content (AvgIpc) is 2.90. The number of nitrogens with zero attached hydrogens (tertiary/aromatic N) is 2. The molecule has 1 aromatic carbocycles. The number of hydrogen-bond donors (Lipinski definition) is 2. The normalized spacial score (nSPS) is 10.3. The number of nitrogens with one attached hydrogen (secondary N) is 1. The quantitative estimate of drug-likeness (QED) is 0.836. The first-order chi connectivity index (χ1) is 9.74. The first-order valence-electron chi connectivity index (χ1n) is 6.49. The molecule has 1 aromatic heterocycles. The van der Waals surface area contributed by atoms with Gasteiger partial charge in [-0.25, -0.2) is 4.98 Å². The summed E-state index contributed by atoms with van der Waals surface area (Å²) in [6.07, 6.45) is 3.27. The van der Waals surface area contributed by atoms with E-state index in [2.05, 4.69) is 10.3 Å². The van der Waals surface area contributed by atoms with Crippen molar-refractivity contribution in [3.63, 3.8) is 0 Å². The fourth-order valence-corrected chi connectivity index (χ4v) is 1.79. The van der Waals surface area contributed by atoms with Gasteiger partial charge in [-0.05, 0) is 19.1 Å². The summed E-state index contributed by atoms with van der Waals surface area (Å²) in [6.45, 7) is 3.57. The predicted molar refractivity (Wildman–Crippen MR) is 76.8 cm³/mol. The van der Waals surface area contributed by atoms with Crippen LogP contribution in [-0.4, -0.2) is 28.6 Å². The summed E-state index contributed by atoms with van der Waals surface area (Å²) in [6, 6.07) is 7.30. The SMILES string of the molecule is CCOc1ccccc1NC(=O)c1cn(CCN)cn1. The third-order valence-corrected chi connectivity index (χ3v) is 2.69. The van der Waals surface area contributed by atoms with E-state index < -0.39 is 0 Å². The molecular formula is C14H18N4O2. The fourth-order valence-electron chi connectivity index (χ4n) is 1.79. The molecule has 0 unspecified atom stereocenters. The summed E-state index contributed by atoms with van der Waals surface area (Å²) >= 11 is 0. The second-order valence-electron chi connectivity index (χ2n) is 4.17. The number of carbonyl (C=O) groups excluding carboxylic acids is 1. The third kappa shape index (κ3) is 3.36. The van der Waals surface area contributed by atoms with Crippen LogP contribution in [0.15, 0.2) is 36.8 Å². The highest BCUT2D eigenvalue weighted by Gasteiger charge is 2.12. The van der Waals surface area contributed by atoms with E-state index in [1.54, 1.807) is 23.2 Å². The monoisotopic (exact) mass is 274 g/mol. The number of hydrogen-bond acceptors (Lipinski definition) is 4. The molecule has 6 heteroatoms. The standard InChI is InChI=1S/C14H18N4O2/c1-2-20-13-6-4-3-5-11(13)17-14(19)12-9-18(8-7-15)10-16-12/h3-6,9-10H,2,7-8,15H2,1H3,(H,17,19). The maximum absolute atomic E-state index is 12.1. The number of ether oxygens (including phenoxy) is 1. The second-order valence-corrected chi connectivity index (χ2v) is 4.17. The summed E-state index contributed by atoms with van der Waals surface area (Å²) in [4.78, 5) is 16.2. The Balaban J connectivity index is 2.10. The maximum atomic E-state index is 12.1. The Hall–Kier alpha value is -2.34. The number of anilines is 1. The lowest BCUT2D eigenvalue weighted by Gasteiger charge is -2.10. The van der Waals surface area contributed by atoms with Gasteiger partial charge in [0.05, 0.1) is 18.6 Å². The van der Waals surface area contributed by atoms with Crippen LogP contribution in [0.1, 0.15) is 17.4 Å². The van der Waals surface area contributed by atoms with E-state index in [4.69, 9.17) is 10.5 Å². The lowest BCUT2D eigenvalue weighted by Crippen LogP contribution is -2.13. The first kappa shape index (κ1) is 14.1. The lowest BCUT2D eigenvalue weighted by atomic mass is 10.3. The molecule has 0 saturated heterocycles. The van der Waals surface area contributed by atoms with Crippen molar-refractivity contribution in [2.45, 2.75) is 13.5 Å². The van der Waals surface area contributed by atoms with Crippen LogP contribution >= 0.6 is 0 Å². The Labute approximate surface area is 117 Å². The zero-order valence-corrected chi connectivity index (χ0v) is 11.4. The van der Waals surface area contributed by atoms with Gasteiger partial charge in [0.1, 0.15) is 11.4 Å². The molecule has 0 saturated carbocycles. The van der Waals surface area contributed by atoms with Crippen molar-refractivity contribution in [1.29, 1.82) is 0 Å². The van der Waals surface area contributed by atoms with Crippen LogP contribution in [0.2, 0.25) is 0 Å². The number of carbonyl (C=O) groups is 1. The van der Waals surface area contributed by atoms with Gasteiger partial charge in [-0.2, -0.15) is 0 Å². The molecule has 0 aliphatic heterocycles. The van der Waals surface area contributed by atoms with Gasteiger partial charge < -0.3 is 20.4 Å². The van der Waals surface area contributed by atoms with Crippen molar-refractivity contribution in [1.82, 2.24) is 9.55 Å². The van der Waals surface area contributed by atoms with Crippen LogP contribution in [0.4, 0.5) is 5.69 Å². The molecule has 0 radical (unpaired) electrons. The van der Waals surface area contributed by atoms with Crippen molar-refractivity contribution < 1.29 is 9.53 Å². The van der Waals surface area contributed by atoms with Crippen LogP contribution < -0.4 is 15.8 Å². The summed E-state index contributed by atoms with van der Waals surface area (Å²) in [5.74, 6) is 0.373. The lowest BCUT2D eigenvalue weighted by molar-refractivity contribution is 0.102. The van der Waals surface area contributed by atoms with Gasteiger partial charge in [0, 0.05) is 19.3 Å². The zero-order valence-electron chi connectivity index (χ0n) is 11.4. The third-order valence-electron chi connectivity index (χ3n) is 2.69. The van der Waals surface area contributed by atoms with Crippen LogP contribution in [-0.2, 0) is 6.54 Å². The molecule has 2 rings (SSSR count). The van der Waals surface area contributed by atoms with E-state index in [1.807, 2.05) is 25.1 Å². The van der Waals surface area contributed by atoms with Gasteiger partial charge >= 0.3 is 0 Å². The Kier molecular flexibility index (Phi) is 4.73. The Morgan fingerprint density at radius 1 is 1.45 bits per heavy atom. The van der Waals surface area contributed by atoms with Crippen molar-refractivity contribution >= 4 is 11.6 Å². The number of nitrogens with two attached hydrogens (primary N) is 1. The molecule has 0 bridgehead atoms. The van der Waals surface area contributed by atoms with Crippen molar-refractivity contribution in [2.75, 3.05) is 18.5 Å². The number of aromatic nitrogens is 2. The molecule has 2 aromatic rings. The van der Waals surface area contributed by atoms with Crippen LogP contribution in [0, 0.1) is 0 Å². The van der Waals surface area contributed by atoms with E-state index >= 15 is 0 Å². The van der Waals surface area contributed by atoms with E-state index in [1.165, 1.54) is 0 Å². The van der Waals surface area contributed by atoms with E-state index in [-0.39, 0.29) is 5.91 Å². The smallest absolute Gasteiger partial charge is 0.275 e. The minimum absolute atomic E-state index is 0.270. The number of rotatable bonds is 6. The number of para-hydroxylation sites is 2. The van der Waals surface area contributed by atoms with E-state index in [9.17, 15) is 4.79 Å². The minimum Gasteiger partial charge on any atom is -0.492 e. The number of imidazole rings is 1. The summed E-state index contributed by atoms with van der Waals surface area (Å²) in [5, 5.41) is 2.80. The Bertz CT molecular complexity index is 580. The van der Waals surface area contributed by atoms with Crippen LogP contribution in [0.3, 0.4) is 0 Å². The highest BCUT2D eigenvalue weighted by atomic mass is 16.5. The molecule has 1 heterocycles. The molecule has 0 aliphatic rings. The maximum Gasteiger partial charge on any atom is 0.275 e. The fraction of sp³-hybridized carbons (Fsp3) is 0.286. The van der Waals surface area contributed by atoms with Crippen LogP contribution in [0.5, 0.6) is 5.75 Å². The van der Waals surface area contributed by atoms with Gasteiger partial charge in [0.2, 0.25) is 0 Å². The van der Waals surface area contributed by atoms with Crippen molar-refractivity contribution in [3.05, 3.63) is 42.5 Å². The molecule has 20 heavy (non-hydrogen) atoms. The second kappa shape index (κ2) is 6.72. The molecule has 0 fully saturated rings. The minimum atomic E-state index is -0.270. The Morgan fingerprint density at radius 3 is 3.00 bits per heavy atom. The van der Waals surface area contributed by atoms with Gasteiger partial charge in [0.25, 0.3) is 5.91 Å². The highest BCUT2D eigenvalue weighted by Crippen LogP contribution is 2.24. The molecule has 0 aliphatic carbocycles. The molecule has 106 valence electrons. The topological polar surface area (TPSA) is 82.2 Å². The molecule has 3 N–H and O–H groups in total. The average molecular weight is 274 g/mol. The summed E-state index contributed by atoms with van der Waals surface area (Å²) in [5.41, 5.74) is 6.44. The summed E-state index contributed by atoms with van der Waals surface area (Å²) in [7, 11) is 0. The van der Waals surface area contributed by atoms with Gasteiger partial charge in [-0.1, -0.05) is 12.1 Å². The van der Waals surface area contributed by atoms with Gasteiger partial charge in [-0.3, -0.25) is 4.79 Å². The van der Waals surface area contributed by atoms with Crippen molar-refractivity contribution in [3.8, 4) is 5.75 Å². The number of benzene rings is 1. The zero-order chi connectivity index (χ0) is 14.4. The molecule has 0 spiro atoms. The van der Waals surface area contributed by atoms with E-state index in [0.717, 1.165) is 0 Å². The molecule has 6 nitrogen and oxygen atoms in total. The summed E-state index contributed by atoms with van der Waals surface area (Å²) < 4.78 is 7.24. The van der Waals surface area contributed by atoms with E-state index in [0.29, 0.717) is 36.8 Å². The largest absolute Gasteiger partial charge is 0.492 e. The molecular weight excluding hydrogens is 256 g/mol. The number of amides is 1. The van der Waals surface area contributed by atoms with Gasteiger partial charge in [0.15, 0.2) is 0 Å². The highest BCUT2D eigenvalue weighted by molar-refractivity contribution is 6.03. The first-order valence-corrected chi connectivity index (χ1v) is 6.49. The molecule has 1 amide bonds. The van der Waals surface area contributed by atoms with Crippen LogP contribution in [0.25, 0.3) is 0 Å². The molecule has 0 atom stereocenters. The van der Waals surface area contributed by atoms with Gasteiger partial charge in [-0.15, -0.1) is 0 Å². The predicted octanol–water partition coefficient (Wildman–Crippen LogP) is 1.49.